The average Bonchev–Trinajstić information content (AvgIpc) is 2.87. The Morgan fingerprint density at radius 2 is 1.71 bits per heavy atom. The number of carbonyl (C=O) groups excluding carboxylic acids is 1. The molecule has 2 aliphatic rings. The number of carbonyl (C=O) groups is 1. The van der Waals surface area contributed by atoms with Crippen molar-refractivity contribution in [3.05, 3.63) is 95.3 Å². The maximum absolute atomic E-state index is 14.1. The number of nitrogens with zero attached hydrogens (tertiary/aromatic N) is 2. The van der Waals surface area contributed by atoms with Gasteiger partial charge in [-0.2, -0.15) is 13.2 Å². The summed E-state index contributed by atoms with van der Waals surface area (Å²) in [5.74, 6) is -1.28. The number of rotatable bonds is 4. The number of fused-ring (bicyclic) bond motifs is 3. The Hall–Kier alpha value is -3.55. The maximum Gasteiger partial charge on any atom is 0.416 e. The maximum atomic E-state index is 14.1. The zero-order valence-electron chi connectivity index (χ0n) is 18.9. The third-order valence-electron chi connectivity index (χ3n) is 6.91. The highest BCUT2D eigenvalue weighted by molar-refractivity contribution is 5.82. The highest BCUT2D eigenvalue weighted by Crippen LogP contribution is 2.40. The van der Waals surface area contributed by atoms with Crippen LogP contribution in [0.4, 0.5) is 28.9 Å². The lowest BCUT2D eigenvalue weighted by Gasteiger charge is -2.49. The molecule has 1 N–H and O–H groups in total. The van der Waals surface area contributed by atoms with Gasteiger partial charge in [-0.15, -0.1) is 0 Å². The molecule has 0 bridgehead atoms. The Morgan fingerprint density at radius 1 is 0.971 bits per heavy atom. The standard InChI is InChI=1S/C27H25F4N3O/c28-23-9-5-4-6-18(23)16-32-26(35)22-15-19-14-20(27(29,30)31)10-11-24(19)34-13-12-33(17-25(22)34)21-7-2-1-3-8-21/h1-11,14,22,25H,12-13,15-17H2,(H,32,35)/t22-,25+/m1/s1. The lowest BCUT2D eigenvalue weighted by molar-refractivity contribution is -0.137. The normalized spacial score (nSPS) is 19.7. The molecule has 4 nitrogen and oxygen atoms in total. The van der Waals surface area contributed by atoms with Gasteiger partial charge in [0.1, 0.15) is 5.82 Å². The molecule has 0 radical (unpaired) electrons. The second-order valence-corrected chi connectivity index (χ2v) is 9.00. The molecule has 2 aliphatic heterocycles. The highest BCUT2D eigenvalue weighted by atomic mass is 19.4. The minimum atomic E-state index is -4.46. The molecule has 1 saturated heterocycles. The number of hydrogen-bond donors (Lipinski definition) is 1. The number of benzene rings is 3. The monoisotopic (exact) mass is 483 g/mol. The minimum absolute atomic E-state index is 0.0204. The first-order chi connectivity index (χ1) is 16.8. The molecular weight excluding hydrogens is 458 g/mol. The van der Waals surface area contributed by atoms with E-state index < -0.39 is 23.5 Å². The van der Waals surface area contributed by atoms with E-state index in [2.05, 4.69) is 15.1 Å². The summed E-state index contributed by atoms with van der Waals surface area (Å²) in [4.78, 5) is 17.6. The van der Waals surface area contributed by atoms with E-state index in [1.54, 1.807) is 18.2 Å². The number of halogens is 4. The van der Waals surface area contributed by atoms with Gasteiger partial charge >= 0.3 is 6.18 Å². The molecule has 1 amide bonds. The van der Waals surface area contributed by atoms with Crippen LogP contribution >= 0.6 is 0 Å². The van der Waals surface area contributed by atoms with Gasteiger partial charge in [0.2, 0.25) is 5.91 Å². The highest BCUT2D eigenvalue weighted by Gasteiger charge is 2.42. The van der Waals surface area contributed by atoms with Crippen molar-refractivity contribution in [2.45, 2.75) is 25.2 Å². The van der Waals surface area contributed by atoms with E-state index in [1.807, 2.05) is 30.3 Å². The fourth-order valence-electron chi connectivity index (χ4n) is 5.13. The zero-order chi connectivity index (χ0) is 24.6. The number of anilines is 2. The van der Waals surface area contributed by atoms with Crippen LogP contribution in [0.5, 0.6) is 0 Å². The van der Waals surface area contributed by atoms with Crippen LogP contribution in [0.2, 0.25) is 0 Å². The molecular formula is C27H25F4N3O. The molecule has 182 valence electrons. The fraction of sp³-hybridized carbons (Fsp3) is 0.296. The van der Waals surface area contributed by atoms with Gasteiger partial charge in [0, 0.05) is 43.1 Å². The van der Waals surface area contributed by atoms with Crippen LogP contribution in [0.25, 0.3) is 0 Å². The summed E-state index contributed by atoms with van der Waals surface area (Å²) in [6.07, 6.45) is -4.27. The van der Waals surface area contributed by atoms with E-state index in [4.69, 9.17) is 0 Å². The van der Waals surface area contributed by atoms with Crippen molar-refractivity contribution < 1.29 is 22.4 Å². The molecule has 0 spiro atoms. The van der Waals surface area contributed by atoms with Crippen molar-refractivity contribution in [1.82, 2.24) is 5.32 Å². The molecule has 5 rings (SSSR count). The average molecular weight is 484 g/mol. The van der Waals surface area contributed by atoms with Crippen molar-refractivity contribution in [1.29, 1.82) is 0 Å². The molecule has 0 aliphatic carbocycles. The Balaban J connectivity index is 1.44. The summed E-state index contributed by atoms with van der Waals surface area (Å²) >= 11 is 0. The summed E-state index contributed by atoms with van der Waals surface area (Å²) in [7, 11) is 0. The molecule has 0 saturated carbocycles. The Labute approximate surface area is 201 Å². The van der Waals surface area contributed by atoms with Gasteiger partial charge in [0.15, 0.2) is 0 Å². The van der Waals surface area contributed by atoms with Crippen molar-refractivity contribution in [3.63, 3.8) is 0 Å². The number of amides is 1. The largest absolute Gasteiger partial charge is 0.416 e. The smallest absolute Gasteiger partial charge is 0.368 e. The second kappa shape index (κ2) is 9.24. The van der Waals surface area contributed by atoms with E-state index >= 15 is 0 Å². The number of alkyl halides is 3. The van der Waals surface area contributed by atoms with Crippen LogP contribution < -0.4 is 15.1 Å². The summed E-state index contributed by atoms with van der Waals surface area (Å²) in [5, 5.41) is 2.83. The van der Waals surface area contributed by atoms with Gasteiger partial charge in [-0.3, -0.25) is 4.79 Å². The van der Waals surface area contributed by atoms with Crippen molar-refractivity contribution >= 4 is 17.3 Å². The predicted octanol–water partition coefficient (Wildman–Crippen LogP) is 5.03. The van der Waals surface area contributed by atoms with Crippen LogP contribution in [0.15, 0.2) is 72.8 Å². The summed E-state index contributed by atoms with van der Waals surface area (Å²) in [5.41, 5.74) is 1.94. The van der Waals surface area contributed by atoms with Crippen LogP contribution in [0.1, 0.15) is 16.7 Å². The topological polar surface area (TPSA) is 35.6 Å². The van der Waals surface area contributed by atoms with Crippen LogP contribution in [0, 0.1) is 11.7 Å². The minimum Gasteiger partial charge on any atom is -0.368 e. The van der Waals surface area contributed by atoms with E-state index in [0.29, 0.717) is 30.8 Å². The Bertz CT molecular complexity index is 1210. The molecule has 35 heavy (non-hydrogen) atoms. The van der Waals surface area contributed by atoms with E-state index in [-0.39, 0.29) is 24.9 Å². The lowest BCUT2D eigenvalue weighted by Crippen LogP contribution is -2.61. The van der Waals surface area contributed by atoms with E-state index in [9.17, 15) is 22.4 Å². The Kier molecular flexibility index (Phi) is 6.13. The van der Waals surface area contributed by atoms with Crippen LogP contribution in [-0.2, 0) is 23.9 Å². The van der Waals surface area contributed by atoms with Crippen LogP contribution in [0.3, 0.4) is 0 Å². The molecule has 0 aromatic heterocycles. The molecule has 3 aromatic rings. The Morgan fingerprint density at radius 3 is 2.46 bits per heavy atom. The third kappa shape index (κ3) is 4.70. The number of hydrogen-bond acceptors (Lipinski definition) is 3. The van der Waals surface area contributed by atoms with E-state index in [0.717, 1.165) is 23.5 Å². The van der Waals surface area contributed by atoms with E-state index in [1.165, 1.54) is 12.1 Å². The molecule has 1 fully saturated rings. The van der Waals surface area contributed by atoms with Gasteiger partial charge in [-0.05, 0) is 48.4 Å². The third-order valence-corrected chi connectivity index (χ3v) is 6.91. The van der Waals surface area contributed by atoms with Gasteiger partial charge < -0.3 is 15.1 Å². The number of nitrogens with one attached hydrogen (secondary N) is 1. The summed E-state index contributed by atoms with van der Waals surface area (Å²) in [6, 6.07) is 19.6. The zero-order valence-corrected chi connectivity index (χ0v) is 18.9. The quantitative estimate of drug-likeness (QED) is 0.529. The molecule has 3 aromatic carbocycles. The molecule has 2 heterocycles. The van der Waals surface area contributed by atoms with Crippen molar-refractivity contribution in [3.8, 4) is 0 Å². The van der Waals surface area contributed by atoms with Gasteiger partial charge in [-0.1, -0.05) is 36.4 Å². The van der Waals surface area contributed by atoms with Crippen molar-refractivity contribution in [2.24, 2.45) is 5.92 Å². The summed E-state index contributed by atoms with van der Waals surface area (Å²) in [6.45, 7) is 1.84. The molecule has 8 heteroatoms. The van der Waals surface area contributed by atoms with Gasteiger partial charge in [0.05, 0.1) is 17.5 Å². The number of piperazine rings is 1. The SMILES string of the molecule is O=C(NCc1ccccc1F)[C@@H]1Cc2cc(C(F)(F)F)ccc2N2CCN(c3ccccc3)C[C@@H]12. The first-order valence-corrected chi connectivity index (χ1v) is 11.6. The van der Waals surface area contributed by atoms with Gasteiger partial charge in [0.25, 0.3) is 0 Å². The van der Waals surface area contributed by atoms with Crippen LogP contribution in [-0.4, -0.2) is 31.6 Å². The first kappa shape index (κ1) is 23.2. The van der Waals surface area contributed by atoms with Crippen molar-refractivity contribution in [2.75, 3.05) is 29.4 Å². The molecule has 0 unspecified atom stereocenters. The molecule has 2 atom stereocenters. The first-order valence-electron chi connectivity index (χ1n) is 11.6. The fourth-order valence-corrected chi connectivity index (χ4v) is 5.13. The lowest BCUT2D eigenvalue weighted by atomic mass is 9.82. The predicted molar refractivity (Wildman–Crippen MR) is 127 cm³/mol. The summed E-state index contributed by atoms with van der Waals surface area (Å²) < 4.78 is 54.3. The number of para-hydroxylation sites is 1. The van der Waals surface area contributed by atoms with Gasteiger partial charge in [-0.25, -0.2) is 4.39 Å². The second-order valence-electron chi connectivity index (χ2n) is 9.00.